The molecule has 0 N–H and O–H groups in total. The number of esters is 2. The number of carbonyl (C=O) groups is 2. The maximum atomic E-state index is 13.0. The van der Waals surface area contributed by atoms with Gasteiger partial charge in [-0.15, -0.1) is 0 Å². The molecule has 0 amide bonds. The molecule has 1 aromatic carbocycles. The maximum absolute atomic E-state index is 13.0. The average Bonchev–Trinajstić information content (AvgIpc) is 2.58. The van der Waals surface area contributed by atoms with E-state index in [2.05, 4.69) is 41.5 Å². The minimum atomic E-state index is -0.421. The molecule has 0 saturated heterocycles. The van der Waals surface area contributed by atoms with Crippen molar-refractivity contribution in [1.29, 1.82) is 0 Å². The highest BCUT2D eigenvalue weighted by Crippen LogP contribution is 2.41. The van der Waals surface area contributed by atoms with Crippen LogP contribution in [0.3, 0.4) is 0 Å². The van der Waals surface area contributed by atoms with E-state index in [4.69, 9.17) is 9.47 Å². The predicted octanol–water partition coefficient (Wildman–Crippen LogP) is 6.43. The largest absolute Gasteiger partial charge is 0.459 e. The molecule has 0 radical (unpaired) electrons. The average molecular weight is 415 g/mol. The molecule has 0 aromatic heterocycles. The van der Waals surface area contributed by atoms with Crippen molar-refractivity contribution in [2.75, 3.05) is 0 Å². The third kappa shape index (κ3) is 5.86. The maximum Gasteiger partial charge on any atom is 0.339 e. The first-order valence-corrected chi connectivity index (χ1v) is 11.5. The van der Waals surface area contributed by atoms with Gasteiger partial charge in [-0.3, -0.25) is 0 Å². The van der Waals surface area contributed by atoms with Crippen molar-refractivity contribution in [3.8, 4) is 0 Å². The third-order valence-electron chi connectivity index (χ3n) is 6.61. The lowest BCUT2D eigenvalue weighted by atomic mass is 9.71. The molecule has 4 heteroatoms. The van der Waals surface area contributed by atoms with Crippen molar-refractivity contribution in [1.82, 2.24) is 0 Å². The lowest BCUT2D eigenvalue weighted by molar-refractivity contribution is -0.0112. The molecule has 3 rings (SSSR count). The van der Waals surface area contributed by atoms with E-state index in [0.717, 1.165) is 38.5 Å². The highest BCUT2D eigenvalue weighted by Gasteiger charge is 2.36. The zero-order valence-corrected chi connectivity index (χ0v) is 19.5. The van der Waals surface area contributed by atoms with Crippen LogP contribution in [-0.2, 0) is 9.47 Å². The zero-order valence-electron chi connectivity index (χ0n) is 19.5. The number of hydrogen-bond acceptors (Lipinski definition) is 4. The van der Waals surface area contributed by atoms with Crippen LogP contribution in [0.2, 0.25) is 0 Å². The SMILES string of the molecule is C[C@@H]1C[C@H](OC(=O)c2ccccc2C(=O)O[C@@H]2C[C@H](C)CC(C)(C)C2)CC(C)(C)C1. The molecule has 4 atom stereocenters. The van der Waals surface area contributed by atoms with E-state index >= 15 is 0 Å². The van der Waals surface area contributed by atoms with Crippen molar-refractivity contribution in [2.24, 2.45) is 22.7 Å². The van der Waals surface area contributed by atoms with Crippen LogP contribution in [0.1, 0.15) is 101 Å². The second kappa shape index (κ2) is 8.72. The molecule has 2 fully saturated rings. The molecule has 30 heavy (non-hydrogen) atoms. The van der Waals surface area contributed by atoms with E-state index in [9.17, 15) is 9.59 Å². The lowest BCUT2D eigenvalue weighted by Crippen LogP contribution is -2.35. The Morgan fingerprint density at radius 3 is 1.43 bits per heavy atom. The van der Waals surface area contributed by atoms with Gasteiger partial charge in [0.1, 0.15) is 12.2 Å². The molecule has 2 aliphatic rings. The molecule has 0 heterocycles. The molecule has 2 saturated carbocycles. The van der Waals surface area contributed by atoms with Crippen LogP contribution < -0.4 is 0 Å². The zero-order chi connectivity index (χ0) is 22.1. The smallest absolute Gasteiger partial charge is 0.339 e. The van der Waals surface area contributed by atoms with Crippen molar-refractivity contribution < 1.29 is 19.1 Å². The molecule has 1 aromatic rings. The normalized spacial score (nSPS) is 30.3. The van der Waals surface area contributed by atoms with E-state index < -0.39 is 11.9 Å². The summed E-state index contributed by atoms with van der Waals surface area (Å²) in [6.07, 6.45) is 5.50. The van der Waals surface area contributed by atoms with E-state index in [0.29, 0.717) is 23.0 Å². The minimum Gasteiger partial charge on any atom is -0.459 e. The Morgan fingerprint density at radius 2 is 1.10 bits per heavy atom. The van der Waals surface area contributed by atoms with Gasteiger partial charge in [-0.1, -0.05) is 53.7 Å². The fourth-order valence-corrected chi connectivity index (χ4v) is 5.97. The molecular formula is C26H38O4. The van der Waals surface area contributed by atoms with Crippen LogP contribution in [0.5, 0.6) is 0 Å². The van der Waals surface area contributed by atoms with Crippen molar-refractivity contribution in [3.63, 3.8) is 0 Å². The van der Waals surface area contributed by atoms with Gasteiger partial charge < -0.3 is 9.47 Å². The van der Waals surface area contributed by atoms with Gasteiger partial charge >= 0.3 is 11.9 Å². The fraction of sp³-hybridized carbons (Fsp3) is 0.692. The summed E-state index contributed by atoms with van der Waals surface area (Å²) >= 11 is 0. The Hall–Kier alpha value is -1.84. The van der Waals surface area contributed by atoms with Gasteiger partial charge in [-0.25, -0.2) is 9.59 Å². The van der Waals surface area contributed by atoms with Gasteiger partial charge in [-0.2, -0.15) is 0 Å². The number of hydrogen-bond donors (Lipinski definition) is 0. The standard InChI is InChI=1S/C26H38O4/c1-17-11-19(15-25(3,4)13-17)29-23(27)21-9-7-8-10-22(21)24(28)30-20-12-18(2)14-26(5,6)16-20/h7-10,17-20H,11-16H2,1-6H3/t17-,18+,19+,20-. The van der Waals surface area contributed by atoms with Crippen LogP contribution in [0.25, 0.3) is 0 Å². The third-order valence-corrected chi connectivity index (χ3v) is 6.61. The van der Waals surface area contributed by atoms with Crippen LogP contribution in [0.15, 0.2) is 24.3 Å². The second-order valence-corrected chi connectivity index (χ2v) is 11.4. The number of rotatable bonds is 4. The summed E-state index contributed by atoms with van der Waals surface area (Å²) < 4.78 is 11.7. The summed E-state index contributed by atoms with van der Waals surface area (Å²) in [5.74, 6) is 0.191. The number of ether oxygens (including phenoxy) is 2. The monoisotopic (exact) mass is 414 g/mol. The Morgan fingerprint density at radius 1 is 0.733 bits per heavy atom. The highest BCUT2D eigenvalue weighted by atomic mass is 16.6. The van der Waals surface area contributed by atoms with Gasteiger partial charge in [0.25, 0.3) is 0 Å². The Kier molecular flexibility index (Phi) is 6.64. The van der Waals surface area contributed by atoms with Crippen LogP contribution in [0, 0.1) is 22.7 Å². The molecule has 0 spiro atoms. The first-order valence-electron chi connectivity index (χ1n) is 11.5. The van der Waals surface area contributed by atoms with E-state index in [1.54, 1.807) is 24.3 Å². The van der Waals surface area contributed by atoms with Crippen LogP contribution >= 0.6 is 0 Å². The van der Waals surface area contributed by atoms with E-state index in [-0.39, 0.29) is 23.0 Å². The van der Waals surface area contributed by atoms with Crippen LogP contribution in [-0.4, -0.2) is 24.1 Å². The van der Waals surface area contributed by atoms with Gasteiger partial charge in [0.15, 0.2) is 0 Å². The van der Waals surface area contributed by atoms with Crippen molar-refractivity contribution in [3.05, 3.63) is 35.4 Å². The quantitative estimate of drug-likeness (QED) is 0.533. The highest BCUT2D eigenvalue weighted by molar-refractivity contribution is 6.03. The molecule has 166 valence electrons. The molecule has 2 aliphatic carbocycles. The molecular weight excluding hydrogens is 376 g/mol. The van der Waals surface area contributed by atoms with Gasteiger partial charge in [0.2, 0.25) is 0 Å². The Labute approximate surface area is 181 Å². The molecule has 0 bridgehead atoms. The van der Waals surface area contributed by atoms with E-state index in [1.165, 1.54) is 0 Å². The number of benzene rings is 1. The second-order valence-electron chi connectivity index (χ2n) is 11.4. The Bertz CT molecular complexity index is 714. The summed E-state index contributed by atoms with van der Waals surface area (Å²) in [6, 6.07) is 6.88. The molecule has 0 unspecified atom stereocenters. The summed E-state index contributed by atoms with van der Waals surface area (Å²) in [7, 11) is 0. The topological polar surface area (TPSA) is 52.6 Å². The van der Waals surface area contributed by atoms with Gasteiger partial charge in [0, 0.05) is 0 Å². The molecule has 0 aliphatic heterocycles. The van der Waals surface area contributed by atoms with Crippen LogP contribution in [0.4, 0.5) is 0 Å². The summed E-state index contributed by atoms with van der Waals surface area (Å²) in [5, 5.41) is 0. The van der Waals surface area contributed by atoms with Crippen molar-refractivity contribution >= 4 is 11.9 Å². The van der Waals surface area contributed by atoms with E-state index in [1.807, 2.05) is 0 Å². The van der Waals surface area contributed by atoms with Gasteiger partial charge in [-0.05, 0) is 73.3 Å². The summed E-state index contributed by atoms with van der Waals surface area (Å²) in [6.45, 7) is 13.3. The number of carbonyl (C=O) groups excluding carboxylic acids is 2. The fourth-order valence-electron chi connectivity index (χ4n) is 5.97. The predicted molar refractivity (Wildman–Crippen MR) is 118 cm³/mol. The lowest BCUT2D eigenvalue weighted by Gasteiger charge is -2.38. The molecule has 4 nitrogen and oxygen atoms in total. The Balaban J connectivity index is 1.70. The first-order chi connectivity index (χ1) is 13.9. The minimum absolute atomic E-state index is 0.111. The van der Waals surface area contributed by atoms with Gasteiger partial charge in [0.05, 0.1) is 11.1 Å². The summed E-state index contributed by atoms with van der Waals surface area (Å²) in [5.41, 5.74) is 0.931. The summed E-state index contributed by atoms with van der Waals surface area (Å²) in [4.78, 5) is 25.9. The first kappa shape index (κ1) is 22.8. The van der Waals surface area contributed by atoms with Crippen molar-refractivity contribution in [2.45, 2.75) is 92.3 Å².